The van der Waals surface area contributed by atoms with Crippen LogP contribution in [-0.2, 0) is 22.4 Å². The molecule has 1 saturated heterocycles. The summed E-state index contributed by atoms with van der Waals surface area (Å²) >= 11 is 7.85. The minimum atomic E-state index is -0.639. The van der Waals surface area contributed by atoms with Crippen molar-refractivity contribution in [3.8, 4) is 0 Å². The molecule has 8 heteroatoms. The van der Waals surface area contributed by atoms with Gasteiger partial charge in [0.1, 0.15) is 11.9 Å². The van der Waals surface area contributed by atoms with E-state index in [-0.39, 0.29) is 18.2 Å². The number of rotatable bonds is 7. The first-order valence-electron chi connectivity index (χ1n) is 14.6. The molecule has 0 spiro atoms. The Morgan fingerprint density at radius 2 is 1.51 bits per heavy atom. The number of nitrogens with zero attached hydrogens (tertiary/aromatic N) is 3. The van der Waals surface area contributed by atoms with E-state index in [1.54, 1.807) is 11.8 Å². The van der Waals surface area contributed by atoms with Crippen molar-refractivity contribution in [2.24, 2.45) is 4.99 Å². The van der Waals surface area contributed by atoms with E-state index < -0.39 is 6.04 Å². The van der Waals surface area contributed by atoms with Gasteiger partial charge in [-0.25, -0.2) is 4.99 Å². The van der Waals surface area contributed by atoms with Gasteiger partial charge in [0.15, 0.2) is 0 Å². The van der Waals surface area contributed by atoms with Gasteiger partial charge in [-0.05, 0) is 47.9 Å². The van der Waals surface area contributed by atoms with Crippen LogP contribution in [0.1, 0.15) is 23.1 Å². The van der Waals surface area contributed by atoms with Crippen LogP contribution in [-0.4, -0.2) is 59.7 Å². The number of aliphatic imine (C=N–C) groups is 1. The van der Waals surface area contributed by atoms with Crippen LogP contribution in [0, 0.1) is 0 Å². The first-order valence-corrected chi connectivity index (χ1v) is 15.8. The smallest absolute Gasteiger partial charge is 0.245 e. The molecule has 1 fully saturated rings. The molecule has 6 rings (SSSR count). The molecule has 0 aliphatic carbocycles. The van der Waals surface area contributed by atoms with E-state index >= 15 is 0 Å². The van der Waals surface area contributed by atoms with Crippen molar-refractivity contribution in [1.82, 2.24) is 15.1 Å². The van der Waals surface area contributed by atoms with Crippen LogP contribution in [0.15, 0.2) is 118 Å². The van der Waals surface area contributed by atoms with Crippen molar-refractivity contribution in [2.75, 3.05) is 26.2 Å². The molecule has 1 atom stereocenters. The average Bonchev–Trinajstić information content (AvgIpc) is 3.21. The summed E-state index contributed by atoms with van der Waals surface area (Å²) < 4.78 is 0. The summed E-state index contributed by atoms with van der Waals surface area (Å²) in [7, 11) is 0. The average molecular weight is 609 g/mol. The first-order chi connectivity index (χ1) is 21.0. The van der Waals surface area contributed by atoms with Crippen LogP contribution >= 0.6 is 23.4 Å². The van der Waals surface area contributed by atoms with Crippen LogP contribution in [0.25, 0.3) is 0 Å². The second-order valence-corrected chi connectivity index (χ2v) is 12.3. The highest BCUT2D eigenvalue weighted by molar-refractivity contribution is 7.99. The van der Waals surface area contributed by atoms with Crippen LogP contribution < -0.4 is 5.32 Å². The van der Waals surface area contributed by atoms with Gasteiger partial charge < -0.3 is 15.1 Å². The van der Waals surface area contributed by atoms with Crippen molar-refractivity contribution in [1.29, 1.82) is 0 Å². The lowest BCUT2D eigenvalue weighted by molar-refractivity contribution is -0.137. The maximum atomic E-state index is 13.9. The quantitative estimate of drug-likeness (QED) is 0.264. The highest BCUT2D eigenvalue weighted by atomic mass is 35.5. The standard InChI is InChI=1S/C35H33ClN4O2S/c36-27-12-8-11-26(23-27)17-18-33(41)37-30(24-25-9-2-1-3-10-25)35(42)40-21-19-39(20-22-40)34-28-13-4-6-15-31(28)43-32-16-7-5-14-29(32)38-34/h1-16,23,30H,17-22,24H2,(H,37,41). The Bertz CT molecular complexity index is 1640. The molecule has 2 amide bonds. The third kappa shape index (κ3) is 7.12. The number of carbonyl (C=O) groups excluding carboxylic acids is 2. The Labute approximate surface area is 261 Å². The zero-order valence-electron chi connectivity index (χ0n) is 23.8. The maximum Gasteiger partial charge on any atom is 0.245 e. The van der Waals surface area contributed by atoms with Crippen LogP contribution in [0.3, 0.4) is 0 Å². The lowest BCUT2D eigenvalue weighted by Gasteiger charge is -2.38. The van der Waals surface area contributed by atoms with E-state index in [9.17, 15) is 9.59 Å². The van der Waals surface area contributed by atoms with E-state index in [1.165, 1.54) is 4.90 Å². The van der Waals surface area contributed by atoms with Crippen LogP contribution in [0.4, 0.5) is 5.69 Å². The molecule has 1 N–H and O–H groups in total. The zero-order chi connectivity index (χ0) is 29.6. The van der Waals surface area contributed by atoms with Gasteiger partial charge in [-0.3, -0.25) is 9.59 Å². The maximum absolute atomic E-state index is 13.9. The molecule has 0 radical (unpaired) electrons. The zero-order valence-corrected chi connectivity index (χ0v) is 25.4. The van der Waals surface area contributed by atoms with E-state index in [4.69, 9.17) is 16.6 Å². The van der Waals surface area contributed by atoms with Crippen LogP contribution in [0.2, 0.25) is 5.02 Å². The third-order valence-electron chi connectivity index (χ3n) is 7.78. The summed E-state index contributed by atoms with van der Waals surface area (Å²) in [5.74, 6) is 0.743. The Kier molecular flexibility index (Phi) is 9.10. The van der Waals surface area contributed by atoms with Gasteiger partial charge in [0, 0.05) is 59.4 Å². The fraction of sp³-hybridized carbons (Fsp3) is 0.229. The molecule has 2 heterocycles. The van der Waals surface area contributed by atoms with Crippen molar-refractivity contribution in [2.45, 2.75) is 35.1 Å². The number of hydrogen-bond donors (Lipinski definition) is 1. The van der Waals surface area contributed by atoms with E-state index in [2.05, 4.69) is 40.5 Å². The van der Waals surface area contributed by atoms with Gasteiger partial charge in [0.05, 0.1) is 5.69 Å². The highest BCUT2D eigenvalue weighted by Gasteiger charge is 2.31. The topological polar surface area (TPSA) is 65.0 Å². The molecule has 0 bridgehead atoms. The Balaban J connectivity index is 1.15. The normalized spacial score (nSPS) is 15.0. The molecule has 4 aromatic rings. The van der Waals surface area contributed by atoms with Crippen molar-refractivity contribution in [3.63, 3.8) is 0 Å². The summed E-state index contributed by atoms with van der Waals surface area (Å²) in [6, 6.07) is 33.3. The fourth-order valence-corrected chi connectivity index (χ4v) is 6.77. The molecule has 2 aliphatic heterocycles. The molecule has 43 heavy (non-hydrogen) atoms. The predicted octanol–water partition coefficient (Wildman–Crippen LogP) is 6.39. The Hall–Kier alpha value is -4.07. The molecule has 2 aliphatic rings. The van der Waals surface area contributed by atoms with E-state index in [1.807, 2.05) is 77.7 Å². The number of amides is 2. The van der Waals surface area contributed by atoms with Gasteiger partial charge in [0.25, 0.3) is 0 Å². The Morgan fingerprint density at radius 3 is 2.30 bits per heavy atom. The number of halogens is 1. The van der Waals surface area contributed by atoms with Gasteiger partial charge >= 0.3 is 0 Å². The number of fused-ring (bicyclic) bond motifs is 2. The SMILES string of the molecule is O=C(CCc1cccc(Cl)c1)NC(Cc1ccccc1)C(=O)N1CCN(C2=Nc3ccccc3Sc3ccccc32)CC1. The first kappa shape index (κ1) is 29.0. The molecular formula is C35H33ClN4O2S. The summed E-state index contributed by atoms with van der Waals surface area (Å²) in [5.41, 5.74) is 4.07. The van der Waals surface area contributed by atoms with Gasteiger partial charge in [-0.1, -0.05) is 96.2 Å². The molecule has 218 valence electrons. The van der Waals surface area contributed by atoms with Crippen molar-refractivity contribution >= 4 is 46.7 Å². The summed E-state index contributed by atoms with van der Waals surface area (Å²) in [5, 5.41) is 3.70. The van der Waals surface area contributed by atoms with Crippen molar-refractivity contribution < 1.29 is 9.59 Å². The number of piperazine rings is 1. The molecule has 0 saturated carbocycles. The van der Waals surface area contributed by atoms with E-state index in [0.717, 1.165) is 33.1 Å². The number of hydrogen-bond acceptors (Lipinski definition) is 5. The summed E-state index contributed by atoms with van der Waals surface area (Å²) in [6.07, 6.45) is 1.28. The number of nitrogens with one attached hydrogen (secondary N) is 1. The number of para-hydroxylation sites is 1. The van der Waals surface area contributed by atoms with Crippen molar-refractivity contribution in [3.05, 3.63) is 125 Å². The van der Waals surface area contributed by atoms with Gasteiger partial charge in [-0.2, -0.15) is 0 Å². The third-order valence-corrected chi connectivity index (χ3v) is 9.15. The second-order valence-electron chi connectivity index (χ2n) is 10.8. The molecule has 4 aromatic carbocycles. The number of carbonyl (C=O) groups is 2. The van der Waals surface area contributed by atoms with Gasteiger partial charge in [0.2, 0.25) is 11.8 Å². The minimum Gasteiger partial charge on any atom is -0.353 e. The fourth-order valence-electron chi connectivity index (χ4n) is 5.54. The molecule has 0 aromatic heterocycles. The Morgan fingerprint density at radius 1 is 0.814 bits per heavy atom. The minimum absolute atomic E-state index is 0.0521. The second kappa shape index (κ2) is 13.5. The van der Waals surface area contributed by atoms with E-state index in [0.29, 0.717) is 44.0 Å². The number of aryl methyl sites for hydroxylation is 1. The molecule has 1 unspecified atom stereocenters. The number of benzene rings is 4. The molecular weight excluding hydrogens is 576 g/mol. The highest BCUT2D eigenvalue weighted by Crippen LogP contribution is 2.40. The predicted molar refractivity (Wildman–Crippen MR) is 173 cm³/mol. The van der Waals surface area contributed by atoms with Gasteiger partial charge in [-0.15, -0.1) is 0 Å². The summed E-state index contributed by atoms with van der Waals surface area (Å²) in [6.45, 7) is 2.43. The summed E-state index contributed by atoms with van der Waals surface area (Å²) in [4.78, 5) is 38.5. The largest absolute Gasteiger partial charge is 0.353 e. The van der Waals surface area contributed by atoms with Crippen LogP contribution in [0.5, 0.6) is 0 Å². The number of amidine groups is 1. The lowest BCUT2D eigenvalue weighted by Crippen LogP contribution is -2.56. The lowest BCUT2D eigenvalue weighted by atomic mass is 10.0. The monoisotopic (exact) mass is 608 g/mol. The molecule has 6 nitrogen and oxygen atoms in total.